The molecule has 0 saturated carbocycles. The van der Waals surface area contributed by atoms with E-state index in [4.69, 9.17) is 10.5 Å². The molecule has 0 spiro atoms. The lowest BCUT2D eigenvalue weighted by Gasteiger charge is -2.22. The Morgan fingerprint density at radius 2 is 2.21 bits per heavy atom. The summed E-state index contributed by atoms with van der Waals surface area (Å²) in [6.45, 7) is 6.96. The van der Waals surface area contributed by atoms with Crippen LogP contribution in [0.4, 0.5) is 0 Å². The summed E-state index contributed by atoms with van der Waals surface area (Å²) in [5.74, 6) is 0. The van der Waals surface area contributed by atoms with E-state index in [1.54, 1.807) is 11.3 Å². The van der Waals surface area contributed by atoms with Crippen molar-refractivity contribution in [2.45, 2.75) is 39.3 Å². The van der Waals surface area contributed by atoms with Crippen LogP contribution in [-0.2, 0) is 4.74 Å². The van der Waals surface area contributed by atoms with Gasteiger partial charge in [-0.05, 0) is 37.3 Å². The van der Waals surface area contributed by atoms with Crippen molar-refractivity contribution in [1.29, 1.82) is 0 Å². The summed E-state index contributed by atoms with van der Waals surface area (Å²) in [5, 5.41) is 2.09. The molecule has 0 radical (unpaired) electrons. The van der Waals surface area contributed by atoms with Crippen LogP contribution in [-0.4, -0.2) is 12.7 Å². The lowest BCUT2D eigenvalue weighted by atomic mass is 10.0. The smallest absolute Gasteiger partial charge is 0.0765 e. The standard InChI is InChI=1S/C11H19NOS/c1-4-10(13-5-2)11(12)9-6-7-14-8(9)3/h6-7,10-11H,4-5,12H2,1-3H3. The van der Waals surface area contributed by atoms with Gasteiger partial charge in [0.1, 0.15) is 0 Å². The van der Waals surface area contributed by atoms with Gasteiger partial charge in [-0.25, -0.2) is 0 Å². The highest BCUT2D eigenvalue weighted by Crippen LogP contribution is 2.25. The molecule has 0 bridgehead atoms. The largest absolute Gasteiger partial charge is 0.377 e. The minimum Gasteiger partial charge on any atom is -0.377 e. The molecule has 1 aromatic heterocycles. The van der Waals surface area contributed by atoms with Crippen molar-refractivity contribution in [3.8, 4) is 0 Å². The first-order chi connectivity index (χ1) is 6.70. The molecule has 0 aromatic carbocycles. The second-order valence-corrected chi connectivity index (χ2v) is 4.48. The van der Waals surface area contributed by atoms with Gasteiger partial charge in [-0.3, -0.25) is 0 Å². The van der Waals surface area contributed by atoms with Gasteiger partial charge in [-0.2, -0.15) is 0 Å². The van der Waals surface area contributed by atoms with Crippen molar-refractivity contribution in [3.05, 3.63) is 21.9 Å². The Labute approximate surface area is 90.1 Å². The van der Waals surface area contributed by atoms with Gasteiger partial charge >= 0.3 is 0 Å². The molecule has 0 aliphatic heterocycles. The van der Waals surface area contributed by atoms with E-state index >= 15 is 0 Å². The van der Waals surface area contributed by atoms with Gasteiger partial charge in [0.25, 0.3) is 0 Å². The average Bonchev–Trinajstić information content (AvgIpc) is 2.59. The molecule has 0 aliphatic carbocycles. The molecule has 3 heteroatoms. The van der Waals surface area contributed by atoms with Gasteiger partial charge in [-0.1, -0.05) is 6.92 Å². The first kappa shape index (κ1) is 11.7. The lowest BCUT2D eigenvalue weighted by molar-refractivity contribution is 0.0413. The van der Waals surface area contributed by atoms with Crippen LogP contribution in [0.3, 0.4) is 0 Å². The maximum atomic E-state index is 6.16. The second-order valence-electron chi connectivity index (χ2n) is 3.36. The molecule has 0 fully saturated rings. The van der Waals surface area contributed by atoms with E-state index < -0.39 is 0 Å². The van der Waals surface area contributed by atoms with Crippen LogP contribution >= 0.6 is 11.3 Å². The molecule has 2 unspecified atom stereocenters. The number of thiophene rings is 1. The number of nitrogens with two attached hydrogens (primary N) is 1. The topological polar surface area (TPSA) is 35.2 Å². The Morgan fingerprint density at radius 1 is 1.50 bits per heavy atom. The van der Waals surface area contributed by atoms with Gasteiger partial charge in [-0.15, -0.1) is 11.3 Å². The summed E-state index contributed by atoms with van der Waals surface area (Å²) in [7, 11) is 0. The van der Waals surface area contributed by atoms with Crippen molar-refractivity contribution in [2.24, 2.45) is 5.73 Å². The van der Waals surface area contributed by atoms with Crippen molar-refractivity contribution in [2.75, 3.05) is 6.61 Å². The minimum atomic E-state index is 0.0196. The second kappa shape index (κ2) is 5.49. The molecule has 0 amide bonds. The zero-order chi connectivity index (χ0) is 10.6. The molecule has 1 aromatic rings. The predicted octanol–water partition coefficient (Wildman–Crippen LogP) is 2.87. The van der Waals surface area contributed by atoms with E-state index in [1.807, 2.05) is 6.92 Å². The van der Waals surface area contributed by atoms with Crippen LogP contribution in [0.2, 0.25) is 0 Å². The Morgan fingerprint density at radius 3 is 2.64 bits per heavy atom. The molecule has 2 nitrogen and oxygen atoms in total. The third-order valence-corrected chi connectivity index (χ3v) is 3.30. The van der Waals surface area contributed by atoms with Crippen LogP contribution in [0, 0.1) is 6.92 Å². The summed E-state index contributed by atoms with van der Waals surface area (Å²) < 4.78 is 5.61. The first-order valence-corrected chi connectivity index (χ1v) is 5.99. The lowest BCUT2D eigenvalue weighted by Crippen LogP contribution is -2.28. The van der Waals surface area contributed by atoms with Crippen molar-refractivity contribution >= 4 is 11.3 Å². The maximum Gasteiger partial charge on any atom is 0.0765 e. The Balaban J connectivity index is 2.72. The Bertz CT molecular complexity index is 272. The molecule has 0 saturated heterocycles. The molecule has 2 N–H and O–H groups in total. The van der Waals surface area contributed by atoms with Gasteiger partial charge in [0, 0.05) is 11.5 Å². The highest BCUT2D eigenvalue weighted by Gasteiger charge is 2.19. The highest BCUT2D eigenvalue weighted by atomic mass is 32.1. The zero-order valence-corrected chi connectivity index (χ0v) is 9.93. The summed E-state index contributed by atoms with van der Waals surface area (Å²) in [4.78, 5) is 1.30. The summed E-state index contributed by atoms with van der Waals surface area (Å²) >= 11 is 1.74. The van der Waals surface area contributed by atoms with Crippen LogP contribution in [0.1, 0.15) is 36.8 Å². The van der Waals surface area contributed by atoms with Gasteiger partial charge in [0.05, 0.1) is 12.1 Å². The number of hydrogen-bond acceptors (Lipinski definition) is 3. The van der Waals surface area contributed by atoms with Crippen LogP contribution < -0.4 is 5.73 Å². The van der Waals surface area contributed by atoms with E-state index in [0.717, 1.165) is 13.0 Å². The third kappa shape index (κ3) is 2.56. The minimum absolute atomic E-state index is 0.0196. The monoisotopic (exact) mass is 213 g/mol. The van der Waals surface area contributed by atoms with E-state index in [0.29, 0.717) is 0 Å². The molecule has 1 heterocycles. The fraction of sp³-hybridized carbons (Fsp3) is 0.636. The van der Waals surface area contributed by atoms with Gasteiger partial charge in [0.15, 0.2) is 0 Å². The molecule has 80 valence electrons. The van der Waals surface area contributed by atoms with E-state index in [9.17, 15) is 0 Å². The summed E-state index contributed by atoms with van der Waals surface area (Å²) in [5.41, 5.74) is 7.39. The Hall–Kier alpha value is -0.380. The molecule has 2 atom stereocenters. The van der Waals surface area contributed by atoms with Crippen molar-refractivity contribution < 1.29 is 4.74 Å². The normalized spacial score (nSPS) is 15.4. The number of aryl methyl sites for hydroxylation is 1. The summed E-state index contributed by atoms with van der Waals surface area (Å²) in [6, 6.07) is 2.12. The Kier molecular flexibility index (Phi) is 4.58. The first-order valence-electron chi connectivity index (χ1n) is 5.11. The molecule has 0 aliphatic rings. The molecule has 14 heavy (non-hydrogen) atoms. The van der Waals surface area contributed by atoms with Crippen molar-refractivity contribution in [1.82, 2.24) is 0 Å². The molecule has 1 rings (SSSR count). The van der Waals surface area contributed by atoms with Crippen molar-refractivity contribution in [3.63, 3.8) is 0 Å². The van der Waals surface area contributed by atoms with Crippen LogP contribution in [0.25, 0.3) is 0 Å². The van der Waals surface area contributed by atoms with Crippen LogP contribution in [0.15, 0.2) is 11.4 Å². The molecular weight excluding hydrogens is 194 g/mol. The average molecular weight is 213 g/mol. The fourth-order valence-corrected chi connectivity index (χ4v) is 2.39. The predicted molar refractivity (Wildman–Crippen MR) is 61.7 cm³/mol. The van der Waals surface area contributed by atoms with Gasteiger partial charge < -0.3 is 10.5 Å². The van der Waals surface area contributed by atoms with E-state index in [1.165, 1.54) is 10.4 Å². The van der Waals surface area contributed by atoms with E-state index in [2.05, 4.69) is 25.3 Å². The van der Waals surface area contributed by atoms with Crippen LogP contribution in [0.5, 0.6) is 0 Å². The quantitative estimate of drug-likeness (QED) is 0.816. The zero-order valence-electron chi connectivity index (χ0n) is 9.12. The number of hydrogen-bond donors (Lipinski definition) is 1. The SMILES string of the molecule is CCOC(CC)C(N)c1ccsc1C. The fourth-order valence-electron chi connectivity index (χ4n) is 1.63. The maximum absolute atomic E-state index is 6.16. The summed E-state index contributed by atoms with van der Waals surface area (Å²) in [6.07, 6.45) is 1.11. The van der Waals surface area contributed by atoms with E-state index in [-0.39, 0.29) is 12.1 Å². The molecular formula is C11H19NOS. The highest BCUT2D eigenvalue weighted by molar-refractivity contribution is 7.10. The number of ether oxygens (including phenoxy) is 1. The number of rotatable bonds is 5. The van der Waals surface area contributed by atoms with Gasteiger partial charge in [0.2, 0.25) is 0 Å². The third-order valence-electron chi connectivity index (χ3n) is 2.44.